The van der Waals surface area contributed by atoms with Gasteiger partial charge in [-0.2, -0.15) is 0 Å². The molecule has 9 heavy (non-hydrogen) atoms. The van der Waals surface area contributed by atoms with Gasteiger partial charge in [-0.3, -0.25) is 0 Å². The molecular weight excluding hydrogens is 116 g/mol. The second-order valence-corrected chi connectivity index (χ2v) is 2.70. The van der Waals surface area contributed by atoms with Gasteiger partial charge in [0.1, 0.15) is 0 Å². The molecule has 1 saturated heterocycles. The monoisotopic (exact) mass is 126 g/mol. The summed E-state index contributed by atoms with van der Waals surface area (Å²) in [6, 6.07) is 0. The molecule has 0 aliphatic carbocycles. The van der Waals surface area contributed by atoms with Crippen molar-refractivity contribution < 1.29 is 9.84 Å². The maximum absolute atomic E-state index is 8.77. The molecule has 3 atom stereocenters. The zero-order valence-electron chi connectivity index (χ0n) is 5.16. The van der Waals surface area contributed by atoms with Crippen molar-refractivity contribution in [1.29, 1.82) is 0 Å². The van der Waals surface area contributed by atoms with Gasteiger partial charge < -0.3 is 9.84 Å². The van der Waals surface area contributed by atoms with Gasteiger partial charge in [0.05, 0.1) is 12.2 Å². The Hall–Kier alpha value is -0.340. The molecule has 2 aliphatic heterocycles. The second kappa shape index (κ2) is 1.82. The van der Waals surface area contributed by atoms with Crippen molar-refractivity contribution >= 4 is 0 Å². The van der Waals surface area contributed by atoms with E-state index in [2.05, 4.69) is 12.2 Å². The molecule has 2 nitrogen and oxygen atoms in total. The van der Waals surface area contributed by atoms with Crippen molar-refractivity contribution in [2.45, 2.75) is 18.6 Å². The van der Waals surface area contributed by atoms with Gasteiger partial charge in [-0.1, -0.05) is 12.2 Å². The molecule has 2 heterocycles. The summed E-state index contributed by atoms with van der Waals surface area (Å²) in [5, 5.41) is 8.77. The minimum absolute atomic E-state index is 0.222. The van der Waals surface area contributed by atoms with Crippen LogP contribution in [0.2, 0.25) is 0 Å². The molecule has 2 rings (SSSR count). The van der Waals surface area contributed by atoms with E-state index in [1.807, 2.05) is 0 Å². The summed E-state index contributed by atoms with van der Waals surface area (Å²) in [5.74, 6) is 0.375. The molecule has 0 aromatic heterocycles. The van der Waals surface area contributed by atoms with E-state index in [4.69, 9.17) is 9.84 Å². The third kappa shape index (κ3) is 0.705. The Morgan fingerprint density at radius 3 is 2.78 bits per heavy atom. The predicted molar refractivity (Wildman–Crippen MR) is 33.0 cm³/mol. The van der Waals surface area contributed by atoms with Gasteiger partial charge in [0, 0.05) is 12.5 Å². The first kappa shape index (κ1) is 5.45. The zero-order valence-corrected chi connectivity index (χ0v) is 5.16. The number of aliphatic hydroxyl groups is 1. The number of hydrogen-bond donors (Lipinski definition) is 1. The van der Waals surface area contributed by atoms with Crippen LogP contribution in [-0.2, 0) is 4.74 Å². The Balaban J connectivity index is 2.10. The van der Waals surface area contributed by atoms with E-state index >= 15 is 0 Å². The topological polar surface area (TPSA) is 29.5 Å². The highest BCUT2D eigenvalue weighted by Crippen LogP contribution is 2.32. The van der Waals surface area contributed by atoms with Crippen molar-refractivity contribution in [2.75, 3.05) is 6.61 Å². The van der Waals surface area contributed by atoms with Gasteiger partial charge in [-0.25, -0.2) is 0 Å². The lowest BCUT2D eigenvalue weighted by molar-refractivity contribution is 0.0949. The third-order valence-corrected chi connectivity index (χ3v) is 2.08. The first-order valence-corrected chi connectivity index (χ1v) is 3.35. The maximum Gasteiger partial charge on any atom is 0.0815 e. The Labute approximate surface area is 54.1 Å². The summed E-state index contributed by atoms with van der Waals surface area (Å²) in [5.41, 5.74) is 0. The van der Waals surface area contributed by atoms with E-state index in [9.17, 15) is 0 Å². The van der Waals surface area contributed by atoms with Gasteiger partial charge in [0.15, 0.2) is 0 Å². The van der Waals surface area contributed by atoms with Crippen molar-refractivity contribution in [3.05, 3.63) is 12.2 Å². The first-order valence-electron chi connectivity index (χ1n) is 3.35. The van der Waals surface area contributed by atoms with Crippen LogP contribution in [-0.4, -0.2) is 23.9 Å². The molecular formula is C7H10O2. The maximum atomic E-state index is 8.77. The fraction of sp³-hybridized carbons (Fsp3) is 0.714. The van der Waals surface area contributed by atoms with Crippen LogP contribution in [0.3, 0.4) is 0 Å². The highest BCUT2D eigenvalue weighted by Gasteiger charge is 2.35. The largest absolute Gasteiger partial charge is 0.396 e. The van der Waals surface area contributed by atoms with Crippen LogP contribution in [0.25, 0.3) is 0 Å². The number of fused-ring (bicyclic) bond motifs is 2. The summed E-state index contributed by atoms with van der Waals surface area (Å²) >= 11 is 0. The first-order chi connectivity index (χ1) is 4.40. The molecule has 1 fully saturated rings. The molecule has 50 valence electrons. The van der Waals surface area contributed by atoms with Gasteiger partial charge in [0.25, 0.3) is 0 Å². The fourth-order valence-electron chi connectivity index (χ4n) is 1.54. The molecule has 0 aromatic carbocycles. The zero-order chi connectivity index (χ0) is 6.27. The molecule has 1 N–H and O–H groups in total. The summed E-state index contributed by atoms with van der Waals surface area (Å²) < 4.78 is 5.40. The van der Waals surface area contributed by atoms with Crippen molar-refractivity contribution in [1.82, 2.24) is 0 Å². The molecule has 0 unspecified atom stereocenters. The SMILES string of the molecule is OC[C@@H]1C[C@H]2C=C[C@@H]1O2. The molecule has 0 radical (unpaired) electrons. The molecule has 0 aromatic rings. The fourth-order valence-corrected chi connectivity index (χ4v) is 1.54. The molecule has 2 aliphatic rings. The molecule has 0 saturated carbocycles. The minimum Gasteiger partial charge on any atom is -0.396 e. The Kier molecular flexibility index (Phi) is 1.10. The Morgan fingerprint density at radius 2 is 2.44 bits per heavy atom. The van der Waals surface area contributed by atoms with Crippen molar-refractivity contribution in [2.24, 2.45) is 5.92 Å². The molecule has 2 bridgehead atoms. The number of ether oxygens (including phenoxy) is 1. The van der Waals surface area contributed by atoms with Crippen LogP contribution in [0.5, 0.6) is 0 Å². The lowest BCUT2D eigenvalue weighted by atomic mass is 9.95. The summed E-state index contributed by atoms with van der Waals surface area (Å²) in [4.78, 5) is 0. The van der Waals surface area contributed by atoms with Gasteiger partial charge in [-0.15, -0.1) is 0 Å². The van der Waals surface area contributed by atoms with E-state index in [0.29, 0.717) is 12.0 Å². The van der Waals surface area contributed by atoms with Crippen LogP contribution in [0, 0.1) is 5.92 Å². The molecule has 0 spiro atoms. The summed E-state index contributed by atoms with van der Waals surface area (Å²) in [6.45, 7) is 0.269. The lowest BCUT2D eigenvalue weighted by Crippen LogP contribution is -2.16. The van der Waals surface area contributed by atoms with E-state index in [-0.39, 0.29) is 12.7 Å². The van der Waals surface area contributed by atoms with E-state index < -0.39 is 0 Å². The number of hydrogen-bond acceptors (Lipinski definition) is 2. The Bertz CT molecular complexity index is 142. The van der Waals surface area contributed by atoms with Gasteiger partial charge in [0.2, 0.25) is 0 Å². The number of rotatable bonds is 1. The average molecular weight is 126 g/mol. The lowest BCUT2D eigenvalue weighted by Gasteiger charge is -2.10. The molecule has 2 heteroatoms. The predicted octanol–water partition coefficient (Wildman–Crippen LogP) is 0.322. The van der Waals surface area contributed by atoms with Crippen LogP contribution >= 0.6 is 0 Å². The summed E-state index contributed by atoms with van der Waals surface area (Å²) in [7, 11) is 0. The third-order valence-electron chi connectivity index (χ3n) is 2.08. The smallest absolute Gasteiger partial charge is 0.0815 e. The molecule has 0 amide bonds. The van der Waals surface area contributed by atoms with Crippen molar-refractivity contribution in [3.63, 3.8) is 0 Å². The average Bonchev–Trinajstić information content (AvgIpc) is 2.45. The van der Waals surface area contributed by atoms with Crippen molar-refractivity contribution in [3.8, 4) is 0 Å². The van der Waals surface area contributed by atoms with E-state index in [1.165, 1.54) is 0 Å². The Morgan fingerprint density at radius 1 is 1.56 bits per heavy atom. The van der Waals surface area contributed by atoms with Gasteiger partial charge in [-0.05, 0) is 6.42 Å². The normalized spacial score (nSPS) is 46.6. The second-order valence-electron chi connectivity index (χ2n) is 2.70. The van der Waals surface area contributed by atoms with E-state index in [1.54, 1.807) is 0 Å². The van der Waals surface area contributed by atoms with Crippen LogP contribution in [0.15, 0.2) is 12.2 Å². The standard InChI is InChI=1S/C7H10O2/c8-4-5-3-6-1-2-7(5)9-6/h1-2,5-8H,3-4H2/t5-,6+,7-/m0/s1. The summed E-state index contributed by atoms with van der Waals surface area (Å²) in [6.07, 6.45) is 5.68. The van der Waals surface area contributed by atoms with Crippen LogP contribution in [0.4, 0.5) is 0 Å². The highest BCUT2D eigenvalue weighted by atomic mass is 16.5. The van der Waals surface area contributed by atoms with Crippen LogP contribution < -0.4 is 0 Å². The van der Waals surface area contributed by atoms with Gasteiger partial charge >= 0.3 is 0 Å². The van der Waals surface area contributed by atoms with Crippen LogP contribution in [0.1, 0.15) is 6.42 Å². The highest BCUT2D eigenvalue weighted by molar-refractivity contribution is 5.10. The van der Waals surface area contributed by atoms with E-state index in [0.717, 1.165) is 6.42 Å². The number of aliphatic hydroxyl groups excluding tert-OH is 1. The quantitative estimate of drug-likeness (QED) is 0.513. The minimum atomic E-state index is 0.222.